The van der Waals surface area contributed by atoms with Crippen molar-refractivity contribution < 1.29 is 0 Å². The molecule has 0 aromatic carbocycles. The van der Waals surface area contributed by atoms with E-state index in [1.54, 1.807) is 6.08 Å². The van der Waals surface area contributed by atoms with Gasteiger partial charge in [0.25, 0.3) is 0 Å². The lowest BCUT2D eigenvalue weighted by Gasteiger charge is -2.03. The van der Waals surface area contributed by atoms with Crippen molar-refractivity contribution in [1.29, 1.82) is 0 Å². The summed E-state index contributed by atoms with van der Waals surface area (Å²) in [4.78, 5) is 3.68. The lowest BCUT2D eigenvalue weighted by atomic mass is 10.6. The fraction of sp³-hybridized carbons (Fsp3) is 0.250. The van der Waals surface area contributed by atoms with Gasteiger partial charge in [-0.3, -0.25) is 0 Å². The Morgan fingerprint density at radius 2 is 2.38 bits per heavy atom. The van der Waals surface area contributed by atoms with Crippen LogP contribution < -0.4 is 5.32 Å². The predicted octanol–water partition coefficient (Wildman–Crippen LogP) is 1.26. The number of halogens is 2. The van der Waals surface area contributed by atoms with Crippen molar-refractivity contribution in [3.63, 3.8) is 0 Å². The van der Waals surface area contributed by atoms with E-state index in [1.165, 1.54) is 0 Å². The van der Waals surface area contributed by atoms with E-state index in [9.17, 15) is 0 Å². The molecule has 1 aliphatic heterocycles. The Balaban J connectivity index is 2.69. The number of hydrogen-bond acceptors (Lipinski definition) is 2. The molecule has 0 aliphatic carbocycles. The number of hydrogen-bond donors (Lipinski definition) is 1. The highest BCUT2D eigenvalue weighted by Gasteiger charge is 1.98. The fourth-order valence-corrected chi connectivity index (χ4v) is 0.772. The van der Waals surface area contributed by atoms with Crippen molar-refractivity contribution in [2.45, 2.75) is 0 Å². The van der Waals surface area contributed by atoms with E-state index in [-0.39, 0.29) is 0 Å². The van der Waals surface area contributed by atoms with Gasteiger partial charge in [0, 0.05) is 6.54 Å². The molecule has 0 radical (unpaired) electrons. The summed E-state index contributed by atoms with van der Waals surface area (Å²) in [6.07, 6.45) is 1.74. The van der Waals surface area contributed by atoms with E-state index >= 15 is 0 Å². The molecule has 0 atom stereocenters. The van der Waals surface area contributed by atoms with Crippen LogP contribution in [-0.2, 0) is 0 Å². The monoisotopic (exact) mass is 150 g/mol. The van der Waals surface area contributed by atoms with E-state index in [1.807, 2.05) is 0 Å². The average molecular weight is 151 g/mol. The molecule has 0 amide bonds. The molecule has 0 fully saturated rings. The van der Waals surface area contributed by atoms with Crippen LogP contribution in [0.3, 0.4) is 0 Å². The van der Waals surface area contributed by atoms with Gasteiger partial charge in [-0.15, -0.1) is 0 Å². The number of nitrogens with one attached hydrogen (secondary N) is 1. The minimum Gasteiger partial charge on any atom is -0.357 e. The van der Waals surface area contributed by atoms with E-state index in [2.05, 4.69) is 10.3 Å². The molecule has 1 N–H and O–H groups in total. The van der Waals surface area contributed by atoms with Gasteiger partial charge in [0.05, 0.1) is 0 Å². The second-order valence-electron chi connectivity index (χ2n) is 1.31. The Kier molecular flexibility index (Phi) is 1.76. The Bertz CT molecular complexity index is 150. The zero-order valence-corrected chi connectivity index (χ0v) is 5.50. The van der Waals surface area contributed by atoms with Gasteiger partial charge in [0.2, 0.25) is 0 Å². The molecule has 8 heavy (non-hydrogen) atoms. The first-order valence-electron chi connectivity index (χ1n) is 2.13. The van der Waals surface area contributed by atoms with Crippen LogP contribution in [0.1, 0.15) is 0 Å². The molecular formula is C4H4Cl2N2. The normalized spacial score (nSPS) is 18.8. The van der Waals surface area contributed by atoms with Crippen LogP contribution in [-0.4, -0.2) is 11.8 Å². The first-order valence-corrected chi connectivity index (χ1v) is 2.88. The molecule has 0 saturated carbocycles. The second-order valence-corrected chi connectivity index (χ2v) is 2.06. The SMILES string of the molecule is ClC1=CCNC(Cl)=N1. The van der Waals surface area contributed by atoms with Crippen molar-refractivity contribution >= 4 is 28.5 Å². The molecule has 44 valence electrons. The number of amidine groups is 1. The Hall–Kier alpha value is -0.210. The summed E-state index contributed by atoms with van der Waals surface area (Å²) >= 11 is 10.9. The summed E-state index contributed by atoms with van der Waals surface area (Å²) in [6, 6.07) is 0. The average Bonchev–Trinajstić information content (AvgIpc) is 1.64. The molecular weight excluding hydrogens is 147 g/mol. The van der Waals surface area contributed by atoms with Crippen molar-refractivity contribution in [2.75, 3.05) is 6.54 Å². The summed E-state index contributed by atoms with van der Waals surface area (Å²) in [6.45, 7) is 0.668. The molecule has 0 unspecified atom stereocenters. The third-order valence-electron chi connectivity index (χ3n) is 0.723. The van der Waals surface area contributed by atoms with E-state index in [0.29, 0.717) is 17.0 Å². The standard InChI is InChI=1S/C4H4Cl2N2/c5-3-1-2-7-4(6)8-3/h1H,2H2,(H,7,8). The zero-order valence-electron chi connectivity index (χ0n) is 3.99. The molecule has 4 heteroatoms. The molecule has 1 aliphatic rings. The predicted molar refractivity (Wildman–Crippen MR) is 35.2 cm³/mol. The van der Waals surface area contributed by atoms with Crippen molar-refractivity contribution in [1.82, 2.24) is 5.32 Å². The molecule has 2 nitrogen and oxygen atoms in total. The number of aliphatic imine (C=N–C) groups is 1. The quantitative estimate of drug-likeness (QED) is 0.518. The van der Waals surface area contributed by atoms with Crippen LogP contribution in [0.25, 0.3) is 0 Å². The number of rotatable bonds is 0. The highest BCUT2D eigenvalue weighted by atomic mass is 35.5. The van der Waals surface area contributed by atoms with Crippen LogP contribution in [0.2, 0.25) is 0 Å². The zero-order chi connectivity index (χ0) is 5.98. The maximum atomic E-state index is 5.46. The Labute approximate surface area is 57.2 Å². The molecule has 1 heterocycles. The van der Waals surface area contributed by atoms with Gasteiger partial charge >= 0.3 is 0 Å². The topological polar surface area (TPSA) is 24.4 Å². The van der Waals surface area contributed by atoms with Gasteiger partial charge in [-0.2, -0.15) is 0 Å². The third kappa shape index (κ3) is 1.39. The molecule has 0 aromatic rings. The third-order valence-corrected chi connectivity index (χ3v) is 1.18. The van der Waals surface area contributed by atoms with Crippen LogP contribution in [0.5, 0.6) is 0 Å². The lowest BCUT2D eigenvalue weighted by Crippen LogP contribution is -2.20. The van der Waals surface area contributed by atoms with Crippen molar-refractivity contribution in [3.8, 4) is 0 Å². The summed E-state index contributed by atoms with van der Waals surface area (Å²) in [5.74, 6) is 0. The Morgan fingerprint density at radius 3 is 2.75 bits per heavy atom. The smallest absolute Gasteiger partial charge is 0.197 e. The van der Waals surface area contributed by atoms with Gasteiger partial charge in [-0.05, 0) is 17.7 Å². The first kappa shape index (κ1) is 5.92. The highest BCUT2D eigenvalue weighted by molar-refractivity contribution is 6.65. The van der Waals surface area contributed by atoms with Gasteiger partial charge in [-0.1, -0.05) is 11.6 Å². The molecule has 0 saturated heterocycles. The van der Waals surface area contributed by atoms with E-state index in [4.69, 9.17) is 23.2 Å². The first-order chi connectivity index (χ1) is 3.79. The lowest BCUT2D eigenvalue weighted by molar-refractivity contribution is 1.02. The van der Waals surface area contributed by atoms with Gasteiger partial charge in [0.1, 0.15) is 5.16 Å². The summed E-state index contributed by atoms with van der Waals surface area (Å²) in [5, 5.41) is 3.58. The largest absolute Gasteiger partial charge is 0.357 e. The Morgan fingerprint density at radius 1 is 1.62 bits per heavy atom. The molecule has 0 bridgehead atoms. The van der Waals surface area contributed by atoms with Gasteiger partial charge in [-0.25, -0.2) is 4.99 Å². The molecule has 0 aromatic heterocycles. The maximum absolute atomic E-state index is 5.46. The summed E-state index contributed by atoms with van der Waals surface area (Å²) < 4.78 is 0. The van der Waals surface area contributed by atoms with Crippen molar-refractivity contribution in [3.05, 3.63) is 11.2 Å². The summed E-state index contributed by atoms with van der Waals surface area (Å²) in [5.41, 5.74) is 0. The highest BCUT2D eigenvalue weighted by Crippen LogP contribution is 2.06. The van der Waals surface area contributed by atoms with E-state index in [0.717, 1.165) is 0 Å². The minimum absolute atomic E-state index is 0.359. The van der Waals surface area contributed by atoms with Gasteiger partial charge < -0.3 is 5.32 Å². The van der Waals surface area contributed by atoms with Crippen LogP contribution in [0, 0.1) is 0 Å². The summed E-state index contributed by atoms with van der Waals surface area (Å²) in [7, 11) is 0. The van der Waals surface area contributed by atoms with Gasteiger partial charge in [0.15, 0.2) is 5.29 Å². The van der Waals surface area contributed by atoms with Crippen LogP contribution in [0.15, 0.2) is 16.2 Å². The number of nitrogens with zero attached hydrogens (tertiary/aromatic N) is 1. The van der Waals surface area contributed by atoms with Crippen LogP contribution in [0.4, 0.5) is 0 Å². The molecule has 0 spiro atoms. The minimum atomic E-state index is 0.359. The van der Waals surface area contributed by atoms with Crippen molar-refractivity contribution in [2.24, 2.45) is 4.99 Å². The maximum Gasteiger partial charge on any atom is 0.197 e. The molecule has 1 rings (SSSR count). The second kappa shape index (κ2) is 2.37. The van der Waals surface area contributed by atoms with E-state index < -0.39 is 0 Å². The van der Waals surface area contributed by atoms with Crippen LogP contribution >= 0.6 is 23.2 Å². The fourth-order valence-electron chi connectivity index (χ4n) is 0.398.